The van der Waals surface area contributed by atoms with Crippen molar-refractivity contribution >= 4 is 22.8 Å². The number of aryl methyl sites for hydroxylation is 1. The molecule has 0 N–H and O–H groups in total. The smallest absolute Gasteiger partial charge is 0.254 e. The molecule has 0 saturated carbocycles. The van der Waals surface area contributed by atoms with E-state index in [4.69, 9.17) is 24.5 Å². The number of piperazine rings is 1. The molecule has 10 heteroatoms. The fourth-order valence-corrected chi connectivity index (χ4v) is 5.29. The van der Waals surface area contributed by atoms with Gasteiger partial charge in [-0.1, -0.05) is 30.3 Å². The Bertz CT molecular complexity index is 1710. The molecule has 1 saturated heterocycles. The van der Waals surface area contributed by atoms with Crippen LogP contribution in [0.4, 0.5) is 10.2 Å². The molecule has 0 unspecified atom stereocenters. The van der Waals surface area contributed by atoms with E-state index in [1.54, 1.807) is 49.2 Å². The highest BCUT2D eigenvalue weighted by Crippen LogP contribution is 2.31. The molecule has 0 bridgehead atoms. The fraction of sp³-hybridized carbons (Fsp3) is 0.250. The zero-order valence-electron chi connectivity index (χ0n) is 23.7. The van der Waals surface area contributed by atoms with Crippen molar-refractivity contribution in [2.24, 2.45) is 0 Å². The lowest BCUT2D eigenvalue weighted by molar-refractivity contribution is 0.0746. The van der Waals surface area contributed by atoms with Crippen molar-refractivity contribution in [1.29, 1.82) is 0 Å². The number of aromatic nitrogens is 4. The van der Waals surface area contributed by atoms with Gasteiger partial charge in [-0.25, -0.2) is 19.0 Å². The number of amides is 1. The Kier molecular flexibility index (Phi) is 7.43. The number of methoxy groups -OCH3 is 2. The number of benzene rings is 3. The van der Waals surface area contributed by atoms with Gasteiger partial charge < -0.3 is 19.3 Å². The summed E-state index contributed by atoms with van der Waals surface area (Å²) in [6.07, 6.45) is 0.549. The van der Waals surface area contributed by atoms with Gasteiger partial charge in [0.15, 0.2) is 5.65 Å². The maximum absolute atomic E-state index is 13.7. The van der Waals surface area contributed by atoms with Crippen LogP contribution >= 0.6 is 0 Å². The second-order valence-electron chi connectivity index (χ2n) is 10.2. The minimum atomic E-state index is -0.313. The third kappa shape index (κ3) is 5.35. The van der Waals surface area contributed by atoms with Gasteiger partial charge in [-0.05, 0) is 48.9 Å². The van der Waals surface area contributed by atoms with E-state index in [0.29, 0.717) is 66.8 Å². The highest BCUT2D eigenvalue weighted by atomic mass is 19.1. The van der Waals surface area contributed by atoms with Crippen LogP contribution in [0.2, 0.25) is 0 Å². The molecule has 6 rings (SSSR count). The van der Waals surface area contributed by atoms with Gasteiger partial charge in [-0.2, -0.15) is 5.10 Å². The summed E-state index contributed by atoms with van der Waals surface area (Å²) in [7, 11) is 3.13. The zero-order valence-corrected chi connectivity index (χ0v) is 23.7. The van der Waals surface area contributed by atoms with E-state index >= 15 is 0 Å². The van der Waals surface area contributed by atoms with Gasteiger partial charge in [0.25, 0.3) is 5.91 Å². The molecule has 214 valence electrons. The standard InChI is InChI=1S/C32H31FN6O3/c1-21-29-30(37-13-15-38(16-14-37)32(40)23-18-26(41-2)20-27(19-23)42-3)34-28(17-22-7-5-4-6-8-22)35-31(29)39(36-21)25-11-9-24(33)10-12-25/h4-12,18-20H,13-17H2,1-3H3. The van der Waals surface area contributed by atoms with Crippen LogP contribution in [0.15, 0.2) is 72.8 Å². The summed E-state index contributed by atoms with van der Waals surface area (Å²) in [6, 6.07) is 21.5. The average Bonchev–Trinajstić information content (AvgIpc) is 3.36. The summed E-state index contributed by atoms with van der Waals surface area (Å²) in [6.45, 7) is 4.14. The number of rotatable bonds is 7. The summed E-state index contributed by atoms with van der Waals surface area (Å²) in [5.74, 6) is 2.19. The molecular weight excluding hydrogens is 535 g/mol. The molecule has 42 heavy (non-hydrogen) atoms. The average molecular weight is 567 g/mol. The molecule has 5 aromatic rings. The maximum atomic E-state index is 13.7. The predicted octanol–water partition coefficient (Wildman–Crippen LogP) is 4.83. The van der Waals surface area contributed by atoms with Gasteiger partial charge in [0, 0.05) is 44.2 Å². The van der Waals surface area contributed by atoms with E-state index in [9.17, 15) is 9.18 Å². The van der Waals surface area contributed by atoms with Gasteiger partial charge in [0.05, 0.1) is 31.0 Å². The number of anilines is 1. The molecule has 0 radical (unpaired) electrons. The largest absolute Gasteiger partial charge is 0.497 e. The SMILES string of the molecule is COc1cc(OC)cc(C(=O)N2CCN(c3nc(Cc4ccccc4)nc4c3c(C)nn4-c3ccc(F)cc3)CC2)c1. The third-order valence-electron chi connectivity index (χ3n) is 7.47. The van der Waals surface area contributed by atoms with Crippen molar-refractivity contribution in [2.75, 3.05) is 45.3 Å². The second kappa shape index (κ2) is 11.5. The normalized spacial score (nSPS) is 13.4. The fourth-order valence-electron chi connectivity index (χ4n) is 5.29. The van der Waals surface area contributed by atoms with Gasteiger partial charge >= 0.3 is 0 Å². The number of carbonyl (C=O) groups is 1. The maximum Gasteiger partial charge on any atom is 0.254 e. The first-order valence-corrected chi connectivity index (χ1v) is 13.8. The van der Waals surface area contributed by atoms with Crippen molar-refractivity contribution in [1.82, 2.24) is 24.6 Å². The Morgan fingerprint density at radius 3 is 2.19 bits per heavy atom. The van der Waals surface area contributed by atoms with Crippen molar-refractivity contribution < 1.29 is 18.7 Å². The Morgan fingerprint density at radius 2 is 1.55 bits per heavy atom. The quantitative estimate of drug-likeness (QED) is 0.279. The molecule has 0 spiro atoms. The monoisotopic (exact) mass is 566 g/mol. The van der Waals surface area contributed by atoms with Crippen molar-refractivity contribution in [3.8, 4) is 17.2 Å². The number of halogens is 1. The van der Waals surface area contributed by atoms with Crippen LogP contribution in [0.1, 0.15) is 27.4 Å². The minimum absolute atomic E-state index is 0.0789. The number of nitrogens with zero attached hydrogens (tertiary/aromatic N) is 6. The van der Waals surface area contributed by atoms with Crippen LogP contribution in [0.3, 0.4) is 0 Å². The molecule has 0 atom stereocenters. The predicted molar refractivity (Wildman–Crippen MR) is 158 cm³/mol. The Morgan fingerprint density at radius 1 is 0.881 bits per heavy atom. The van der Waals surface area contributed by atoms with E-state index in [1.807, 2.05) is 42.2 Å². The Balaban J connectivity index is 1.33. The first-order chi connectivity index (χ1) is 20.4. The molecule has 9 nitrogen and oxygen atoms in total. The number of hydrogen-bond acceptors (Lipinski definition) is 7. The minimum Gasteiger partial charge on any atom is -0.497 e. The molecule has 2 aromatic heterocycles. The van der Waals surface area contributed by atoms with Gasteiger partial charge in [-0.3, -0.25) is 4.79 Å². The summed E-state index contributed by atoms with van der Waals surface area (Å²) < 4.78 is 26.2. The van der Waals surface area contributed by atoms with Crippen molar-refractivity contribution in [2.45, 2.75) is 13.3 Å². The first-order valence-electron chi connectivity index (χ1n) is 13.8. The topological polar surface area (TPSA) is 85.6 Å². The summed E-state index contributed by atoms with van der Waals surface area (Å²) in [4.78, 5) is 27.4. The van der Waals surface area contributed by atoms with Crippen LogP contribution < -0.4 is 14.4 Å². The van der Waals surface area contributed by atoms with Crippen LogP contribution in [-0.2, 0) is 6.42 Å². The van der Waals surface area contributed by atoms with E-state index < -0.39 is 0 Å². The highest BCUT2D eigenvalue weighted by molar-refractivity contribution is 5.95. The summed E-state index contributed by atoms with van der Waals surface area (Å²) in [5, 5.41) is 5.63. The van der Waals surface area contributed by atoms with Crippen LogP contribution in [-0.4, -0.2) is 71.0 Å². The van der Waals surface area contributed by atoms with Gasteiger partial charge in [0.1, 0.15) is 29.0 Å². The summed E-state index contributed by atoms with van der Waals surface area (Å²) >= 11 is 0. The molecule has 1 fully saturated rings. The number of ether oxygens (including phenoxy) is 2. The van der Waals surface area contributed by atoms with Crippen molar-refractivity contribution in [3.05, 3.63) is 101 Å². The molecule has 1 aliphatic heterocycles. The van der Waals surface area contributed by atoms with E-state index in [2.05, 4.69) is 4.90 Å². The van der Waals surface area contributed by atoms with E-state index in [1.165, 1.54) is 12.1 Å². The Labute approximate surface area is 243 Å². The molecule has 0 aliphatic carbocycles. The first kappa shape index (κ1) is 27.2. The second-order valence-corrected chi connectivity index (χ2v) is 10.2. The van der Waals surface area contributed by atoms with E-state index in [-0.39, 0.29) is 11.7 Å². The molecule has 1 aliphatic rings. The summed E-state index contributed by atoms with van der Waals surface area (Å²) in [5.41, 5.74) is 3.77. The molecule has 1 amide bonds. The highest BCUT2D eigenvalue weighted by Gasteiger charge is 2.27. The Hall–Kier alpha value is -4.99. The molecular formula is C32H31FN6O3. The number of fused-ring (bicyclic) bond motifs is 1. The van der Waals surface area contributed by atoms with Gasteiger partial charge in [-0.15, -0.1) is 0 Å². The zero-order chi connectivity index (χ0) is 29.2. The lowest BCUT2D eigenvalue weighted by Crippen LogP contribution is -2.49. The molecule has 3 heterocycles. The van der Waals surface area contributed by atoms with Crippen LogP contribution in [0.25, 0.3) is 16.7 Å². The lowest BCUT2D eigenvalue weighted by atomic mass is 10.1. The number of carbonyl (C=O) groups excluding carboxylic acids is 1. The lowest BCUT2D eigenvalue weighted by Gasteiger charge is -2.36. The molecule has 3 aromatic carbocycles. The van der Waals surface area contributed by atoms with Gasteiger partial charge in [0.2, 0.25) is 0 Å². The third-order valence-corrected chi connectivity index (χ3v) is 7.47. The van der Waals surface area contributed by atoms with Crippen LogP contribution in [0.5, 0.6) is 11.5 Å². The number of hydrogen-bond donors (Lipinski definition) is 0. The van der Waals surface area contributed by atoms with E-state index in [0.717, 1.165) is 22.5 Å². The van der Waals surface area contributed by atoms with Crippen LogP contribution in [0, 0.1) is 12.7 Å². The van der Waals surface area contributed by atoms with Crippen molar-refractivity contribution in [3.63, 3.8) is 0 Å².